The molecule has 3 rings (SSSR count). The second kappa shape index (κ2) is 5.24. The van der Waals surface area contributed by atoms with E-state index in [0.29, 0.717) is 11.8 Å². The minimum Gasteiger partial charge on any atom is -0.382 e. The van der Waals surface area contributed by atoms with E-state index in [2.05, 4.69) is 24.8 Å². The Labute approximate surface area is 115 Å². The molecule has 0 amide bonds. The van der Waals surface area contributed by atoms with Gasteiger partial charge in [-0.3, -0.25) is 0 Å². The Bertz CT molecular complexity index is 510. The third-order valence-corrected chi connectivity index (χ3v) is 3.15. The van der Waals surface area contributed by atoms with Crippen LogP contribution in [0.15, 0.2) is 24.8 Å². The lowest BCUT2D eigenvalue weighted by atomic mass is 10.3. The van der Waals surface area contributed by atoms with Crippen molar-refractivity contribution in [2.24, 2.45) is 0 Å². The summed E-state index contributed by atoms with van der Waals surface area (Å²) in [4.78, 5) is 20.4. The second-order valence-corrected chi connectivity index (χ2v) is 4.47. The van der Waals surface area contributed by atoms with Crippen LogP contribution in [-0.2, 0) is 0 Å². The van der Waals surface area contributed by atoms with Crippen LogP contribution in [0.3, 0.4) is 0 Å². The largest absolute Gasteiger partial charge is 0.382 e. The molecule has 0 unspecified atom stereocenters. The first kappa shape index (κ1) is 12.5. The van der Waals surface area contributed by atoms with Crippen molar-refractivity contribution in [2.75, 3.05) is 41.7 Å². The summed E-state index contributed by atoms with van der Waals surface area (Å²) in [6.45, 7) is 3.05. The van der Waals surface area contributed by atoms with Gasteiger partial charge < -0.3 is 15.5 Å². The maximum Gasteiger partial charge on any atom is 0.225 e. The Morgan fingerprint density at radius 1 is 0.850 bits per heavy atom. The molecule has 2 N–H and O–H groups in total. The van der Waals surface area contributed by atoms with Gasteiger partial charge >= 0.3 is 0 Å². The fraction of sp³-hybridized carbons (Fsp3) is 0.333. The highest BCUT2D eigenvalue weighted by Gasteiger charge is 2.20. The van der Waals surface area contributed by atoms with Gasteiger partial charge in [0.2, 0.25) is 5.95 Å². The maximum absolute atomic E-state index is 12.8. The molecule has 0 bridgehead atoms. The van der Waals surface area contributed by atoms with Crippen LogP contribution < -0.4 is 15.5 Å². The smallest absolute Gasteiger partial charge is 0.225 e. The van der Waals surface area contributed by atoms with Gasteiger partial charge in [0, 0.05) is 26.2 Å². The standard InChI is InChI=1S/C12H14FN7/c13-9-5-17-12(18-6-9)20-3-1-19(2-4-20)11-8-15-10(14)7-16-11/h5-8H,1-4H2,(H2,14,15). The van der Waals surface area contributed by atoms with E-state index < -0.39 is 5.82 Å². The van der Waals surface area contributed by atoms with Crippen molar-refractivity contribution in [3.63, 3.8) is 0 Å². The molecule has 104 valence electrons. The zero-order valence-electron chi connectivity index (χ0n) is 10.8. The summed E-state index contributed by atoms with van der Waals surface area (Å²) in [6, 6.07) is 0. The monoisotopic (exact) mass is 275 g/mol. The fourth-order valence-corrected chi connectivity index (χ4v) is 2.10. The second-order valence-electron chi connectivity index (χ2n) is 4.47. The summed E-state index contributed by atoms with van der Waals surface area (Å²) in [7, 11) is 0. The predicted molar refractivity (Wildman–Crippen MR) is 72.9 cm³/mol. The van der Waals surface area contributed by atoms with Crippen LogP contribution in [0, 0.1) is 5.82 Å². The number of hydrogen-bond donors (Lipinski definition) is 1. The van der Waals surface area contributed by atoms with E-state index in [1.807, 2.05) is 4.90 Å². The number of aromatic nitrogens is 4. The molecule has 1 saturated heterocycles. The van der Waals surface area contributed by atoms with Gasteiger partial charge in [0.05, 0.1) is 24.8 Å². The molecular weight excluding hydrogens is 261 g/mol. The zero-order valence-corrected chi connectivity index (χ0v) is 10.8. The molecule has 0 aromatic carbocycles. The van der Waals surface area contributed by atoms with Gasteiger partial charge in [-0.05, 0) is 0 Å². The van der Waals surface area contributed by atoms with Crippen LogP contribution in [0.25, 0.3) is 0 Å². The summed E-state index contributed by atoms with van der Waals surface area (Å²) >= 11 is 0. The van der Waals surface area contributed by atoms with E-state index in [0.717, 1.165) is 32.0 Å². The van der Waals surface area contributed by atoms with Gasteiger partial charge in [-0.15, -0.1) is 0 Å². The molecule has 0 atom stereocenters. The average molecular weight is 275 g/mol. The molecule has 0 radical (unpaired) electrons. The summed E-state index contributed by atoms with van der Waals surface area (Å²) < 4.78 is 12.8. The molecular formula is C12H14FN7. The number of halogens is 1. The lowest BCUT2D eigenvalue weighted by molar-refractivity contribution is 0.601. The Kier molecular flexibility index (Phi) is 3.28. The van der Waals surface area contributed by atoms with Crippen LogP contribution in [0.1, 0.15) is 0 Å². The number of nitrogens with zero attached hydrogens (tertiary/aromatic N) is 6. The van der Waals surface area contributed by atoms with Crippen molar-refractivity contribution < 1.29 is 4.39 Å². The molecule has 0 saturated carbocycles. The first-order valence-corrected chi connectivity index (χ1v) is 6.27. The summed E-state index contributed by atoms with van der Waals surface area (Å²) in [5, 5.41) is 0. The minimum absolute atomic E-state index is 0.409. The van der Waals surface area contributed by atoms with Crippen molar-refractivity contribution in [2.45, 2.75) is 0 Å². The molecule has 1 fully saturated rings. The van der Waals surface area contributed by atoms with E-state index in [4.69, 9.17) is 5.73 Å². The molecule has 20 heavy (non-hydrogen) atoms. The highest BCUT2D eigenvalue weighted by Crippen LogP contribution is 2.15. The van der Waals surface area contributed by atoms with E-state index in [1.54, 1.807) is 12.4 Å². The van der Waals surface area contributed by atoms with Crippen molar-refractivity contribution in [1.82, 2.24) is 19.9 Å². The topological polar surface area (TPSA) is 84.1 Å². The quantitative estimate of drug-likeness (QED) is 0.844. The Morgan fingerprint density at radius 2 is 1.50 bits per heavy atom. The van der Waals surface area contributed by atoms with Gasteiger partial charge in [-0.2, -0.15) is 0 Å². The predicted octanol–water partition coefficient (Wildman–Crippen LogP) is 0.314. The van der Waals surface area contributed by atoms with E-state index in [-0.39, 0.29) is 0 Å². The first-order valence-electron chi connectivity index (χ1n) is 6.27. The lowest BCUT2D eigenvalue weighted by Crippen LogP contribution is -2.47. The molecule has 0 aliphatic carbocycles. The molecule has 2 aromatic rings. The number of hydrogen-bond acceptors (Lipinski definition) is 7. The van der Waals surface area contributed by atoms with Crippen LogP contribution in [0.5, 0.6) is 0 Å². The van der Waals surface area contributed by atoms with Crippen molar-refractivity contribution in [1.29, 1.82) is 0 Å². The SMILES string of the molecule is Nc1cnc(N2CCN(c3ncc(F)cn3)CC2)cn1. The number of anilines is 3. The van der Waals surface area contributed by atoms with E-state index in [1.165, 1.54) is 12.4 Å². The first-order chi connectivity index (χ1) is 9.72. The summed E-state index contributed by atoms with van der Waals surface area (Å²) in [5.41, 5.74) is 5.52. The van der Waals surface area contributed by atoms with Crippen LogP contribution >= 0.6 is 0 Å². The molecule has 8 heteroatoms. The molecule has 1 aliphatic rings. The third-order valence-electron chi connectivity index (χ3n) is 3.15. The zero-order chi connectivity index (χ0) is 13.9. The van der Waals surface area contributed by atoms with Gasteiger partial charge in [-0.1, -0.05) is 0 Å². The summed E-state index contributed by atoms with van der Waals surface area (Å²) in [6.07, 6.45) is 5.57. The molecule has 0 spiro atoms. The van der Waals surface area contributed by atoms with Gasteiger partial charge in [0.1, 0.15) is 11.6 Å². The van der Waals surface area contributed by atoms with Gasteiger partial charge in [-0.25, -0.2) is 24.3 Å². The normalized spacial score (nSPS) is 15.4. The van der Waals surface area contributed by atoms with Gasteiger partial charge in [0.15, 0.2) is 5.82 Å². The Balaban J connectivity index is 1.64. The average Bonchev–Trinajstić information content (AvgIpc) is 2.49. The van der Waals surface area contributed by atoms with Crippen LogP contribution in [-0.4, -0.2) is 46.1 Å². The van der Waals surface area contributed by atoms with Crippen molar-refractivity contribution in [3.8, 4) is 0 Å². The Morgan fingerprint density at radius 3 is 2.10 bits per heavy atom. The van der Waals surface area contributed by atoms with Crippen molar-refractivity contribution >= 4 is 17.6 Å². The van der Waals surface area contributed by atoms with E-state index >= 15 is 0 Å². The minimum atomic E-state index is -0.426. The van der Waals surface area contributed by atoms with Crippen molar-refractivity contribution in [3.05, 3.63) is 30.6 Å². The molecule has 2 aromatic heterocycles. The van der Waals surface area contributed by atoms with Crippen LogP contribution in [0.2, 0.25) is 0 Å². The summed E-state index contributed by atoms with van der Waals surface area (Å²) in [5.74, 6) is 1.34. The highest BCUT2D eigenvalue weighted by atomic mass is 19.1. The third kappa shape index (κ3) is 2.58. The maximum atomic E-state index is 12.8. The number of rotatable bonds is 2. The van der Waals surface area contributed by atoms with Gasteiger partial charge in [0.25, 0.3) is 0 Å². The lowest BCUT2D eigenvalue weighted by Gasteiger charge is -2.35. The fourth-order valence-electron chi connectivity index (χ4n) is 2.10. The number of piperazine rings is 1. The molecule has 7 nitrogen and oxygen atoms in total. The number of nitrogens with two attached hydrogens (primary N) is 1. The molecule has 1 aliphatic heterocycles. The highest BCUT2D eigenvalue weighted by molar-refractivity contribution is 5.42. The van der Waals surface area contributed by atoms with E-state index in [9.17, 15) is 4.39 Å². The number of nitrogen functional groups attached to an aromatic ring is 1. The molecule has 3 heterocycles. The Hall–Kier alpha value is -2.51. The van der Waals surface area contributed by atoms with Crippen LogP contribution in [0.4, 0.5) is 22.0 Å².